The van der Waals surface area contributed by atoms with Crippen molar-refractivity contribution in [1.82, 2.24) is 4.31 Å². The van der Waals surface area contributed by atoms with Crippen LogP contribution in [0.4, 0.5) is 10.5 Å². The van der Waals surface area contributed by atoms with Crippen molar-refractivity contribution in [2.75, 3.05) is 12.4 Å². The third-order valence-corrected chi connectivity index (χ3v) is 1.82. The number of carbonyl (C=O) groups excluding carboxylic acids is 1. The number of anilines is 1. The highest BCUT2D eigenvalue weighted by Gasteiger charge is 2.03. The van der Waals surface area contributed by atoms with Crippen LogP contribution >= 0.6 is 24.4 Å². The van der Waals surface area contributed by atoms with Crippen molar-refractivity contribution in [3.05, 3.63) is 29.3 Å². The van der Waals surface area contributed by atoms with Crippen molar-refractivity contribution in [2.24, 2.45) is 0 Å². The zero-order valence-corrected chi connectivity index (χ0v) is 8.64. The van der Waals surface area contributed by atoms with E-state index in [2.05, 4.69) is 18.1 Å². The molecule has 3 nitrogen and oxygen atoms in total. The Morgan fingerprint density at radius 2 is 2.00 bits per heavy atom. The first kappa shape index (κ1) is 10.2. The van der Waals surface area contributed by atoms with Crippen LogP contribution in [0.15, 0.2) is 24.3 Å². The number of hydrogen-bond donors (Lipinski definition) is 2. The molecule has 0 heterocycles. The summed E-state index contributed by atoms with van der Waals surface area (Å²) < 4.78 is 1.16. The Morgan fingerprint density at radius 1 is 1.46 bits per heavy atom. The van der Waals surface area contributed by atoms with E-state index >= 15 is 0 Å². The Hall–Kier alpha value is -0.870. The molecular weight excluding hydrogens is 208 g/mol. The maximum atomic E-state index is 11.1. The molecule has 0 atom stereocenters. The molecule has 0 saturated heterocycles. The molecule has 0 saturated carbocycles. The van der Waals surface area contributed by atoms with Crippen molar-refractivity contribution >= 4 is 36.1 Å². The topological polar surface area (TPSA) is 32.3 Å². The minimum Gasteiger partial charge on any atom is -0.307 e. The Bertz CT molecular complexity index is 300. The van der Waals surface area contributed by atoms with Gasteiger partial charge >= 0.3 is 6.03 Å². The third-order valence-electron chi connectivity index (χ3n) is 1.39. The van der Waals surface area contributed by atoms with Crippen LogP contribution in [-0.2, 0) is 0 Å². The van der Waals surface area contributed by atoms with Gasteiger partial charge in [-0.25, -0.2) is 4.79 Å². The van der Waals surface area contributed by atoms with E-state index in [1.165, 1.54) is 0 Å². The molecule has 0 radical (unpaired) electrons. The average molecular weight is 217 g/mol. The van der Waals surface area contributed by atoms with E-state index in [4.69, 9.17) is 11.6 Å². The fourth-order valence-corrected chi connectivity index (χ4v) is 0.914. The van der Waals surface area contributed by atoms with Gasteiger partial charge in [-0.2, -0.15) is 0 Å². The number of hydrogen-bond acceptors (Lipinski definition) is 2. The van der Waals surface area contributed by atoms with Crippen LogP contribution < -0.4 is 5.32 Å². The molecule has 70 valence electrons. The van der Waals surface area contributed by atoms with E-state index in [1.54, 1.807) is 31.3 Å². The van der Waals surface area contributed by atoms with Gasteiger partial charge in [0, 0.05) is 17.8 Å². The summed E-state index contributed by atoms with van der Waals surface area (Å²) in [7, 11) is 1.55. The van der Waals surface area contributed by atoms with Crippen LogP contribution in [0.3, 0.4) is 0 Å². The fraction of sp³-hybridized carbons (Fsp3) is 0.125. The van der Waals surface area contributed by atoms with Gasteiger partial charge in [-0.05, 0) is 24.3 Å². The zero-order valence-electron chi connectivity index (χ0n) is 6.99. The summed E-state index contributed by atoms with van der Waals surface area (Å²) in [4.78, 5) is 11.1. The summed E-state index contributed by atoms with van der Waals surface area (Å²) in [6, 6.07) is 6.56. The van der Waals surface area contributed by atoms with Gasteiger partial charge in [-0.3, -0.25) is 4.31 Å². The molecule has 0 spiro atoms. The Morgan fingerprint density at radius 3 is 2.46 bits per heavy atom. The molecule has 0 unspecified atom stereocenters. The lowest BCUT2D eigenvalue weighted by Gasteiger charge is -2.10. The molecule has 0 aliphatic heterocycles. The second kappa shape index (κ2) is 4.39. The minimum absolute atomic E-state index is 0.286. The minimum atomic E-state index is -0.286. The first-order valence-electron chi connectivity index (χ1n) is 3.59. The molecule has 13 heavy (non-hydrogen) atoms. The molecule has 1 aromatic rings. The number of rotatable bonds is 1. The number of thiol groups is 1. The van der Waals surface area contributed by atoms with E-state index in [-0.39, 0.29) is 6.03 Å². The highest BCUT2D eigenvalue weighted by Crippen LogP contribution is 2.13. The molecule has 0 aliphatic rings. The molecular formula is C8H9ClN2OS. The molecule has 0 bridgehead atoms. The van der Waals surface area contributed by atoms with Crippen molar-refractivity contribution < 1.29 is 4.79 Å². The number of nitrogens with one attached hydrogen (secondary N) is 1. The van der Waals surface area contributed by atoms with Crippen LogP contribution in [0.25, 0.3) is 0 Å². The van der Waals surface area contributed by atoms with Crippen LogP contribution in [0.1, 0.15) is 0 Å². The third kappa shape index (κ3) is 3.16. The lowest BCUT2D eigenvalue weighted by Crippen LogP contribution is -2.23. The highest BCUT2D eigenvalue weighted by molar-refractivity contribution is 7.78. The van der Waals surface area contributed by atoms with Gasteiger partial charge in [0.1, 0.15) is 0 Å². The van der Waals surface area contributed by atoms with Gasteiger partial charge in [0.25, 0.3) is 0 Å². The Labute approximate surface area is 87.2 Å². The first-order valence-corrected chi connectivity index (χ1v) is 4.36. The molecule has 5 heteroatoms. The second-order valence-corrected chi connectivity index (χ2v) is 3.50. The predicted octanol–water partition coefficient (Wildman–Crippen LogP) is 2.65. The van der Waals surface area contributed by atoms with Crippen LogP contribution in [0.5, 0.6) is 0 Å². The maximum Gasteiger partial charge on any atom is 0.331 e. The largest absolute Gasteiger partial charge is 0.331 e. The number of amides is 2. The molecule has 1 N–H and O–H groups in total. The standard InChI is InChI=1S/C8H9ClN2OS/c1-11(13)8(12)10-7-4-2-6(9)3-5-7/h2-5,13H,1H3,(H,10,12). The number of halogens is 1. The van der Waals surface area contributed by atoms with E-state index in [1.807, 2.05) is 0 Å². The molecule has 0 aliphatic carbocycles. The fourth-order valence-electron chi connectivity index (χ4n) is 0.738. The smallest absolute Gasteiger partial charge is 0.307 e. The molecule has 2 amide bonds. The summed E-state index contributed by atoms with van der Waals surface area (Å²) in [6.45, 7) is 0. The number of benzene rings is 1. The van der Waals surface area contributed by atoms with Crippen molar-refractivity contribution in [3.63, 3.8) is 0 Å². The summed E-state index contributed by atoms with van der Waals surface area (Å²) in [6.07, 6.45) is 0. The maximum absolute atomic E-state index is 11.1. The lowest BCUT2D eigenvalue weighted by molar-refractivity contribution is 0.243. The quantitative estimate of drug-likeness (QED) is 0.695. The van der Waals surface area contributed by atoms with Gasteiger partial charge in [0.05, 0.1) is 0 Å². The summed E-state index contributed by atoms with van der Waals surface area (Å²) in [5.41, 5.74) is 0.690. The number of carbonyl (C=O) groups is 1. The van der Waals surface area contributed by atoms with Crippen molar-refractivity contribution in [3.8, 4) is 0 Å². The van der Waals surface area contributed by atoms with Crippen molar-refractivity contribution in [1.29, 1.82) is 0 Å². The van der Waals surface area contributed by atoms with Gasteiger partial charge in [-0.15, -0.1) is 0 Å². The van der Waals surface area contributed by atoms with Gasteiger partial charge in [0.2, 0.25) is 0 Å². The van der Waals surface area contributed by atoms with E-state index in [0.29, 0.717) is 10.7 Å². The molecule has 1 aromatic carbocycles. The van der Waals surface area contributed by atoms with Crippen LogP contribution in [0, 0.1) is 0 Å². The Balaban J connectivity index is 2.65. The van der Waals surface area contributed by atoms with E-state index < -0.39 is 0 Å². The summed E-state index contributed by atoms with van der Waals surface area (Å²) >= 11 is 9.51. The van der Waals surface area contributed by atoms with Gasteiger partial charge in [0.15, 0.2) is 0 Å². The monoisotopic (exact) mass is 216 g/mol. The number of nitrogens with zero attached hydrogens (tertiary/aromatic N) is 1. The van der Waals surface area contributed by atoms with Crippen molar-refractivity contribution in [2.45, 2.75) is 0 Å². The van der Waals surface area contributed by atoms with Crippen LogP contribution in [-0.4, -0.2) is 17.4 Å². The zero-order chi connectivity index (χ0) is 9.84. The SMILES string of the molecule is CN(S)C(=O)Nc1ccc(Cl)cc1. The number of urea groups is 1. The van der Waals surface area contributed by atoms with Crippen LogP contribution in [0.2, 0.25) is 5.02 Å². The first-order chi connectivity index (χ1) is 6.09. The molecule has 1 rings (SSSR count). The van der Waals surface area contributed by atoms with Gasteiger partial charge in [-0.1, -0.05) is 24.4 Å². The normalized spacial score (nSPS) is 9.46. The highest BCUT2D eigenvalue weighted by atomic mass is 35.5. The lowest BCUT2D eigenvalue weighted by atomic mass is 10.3. The average Bonchev–Trinajstić information content (AvgIpc) is 2.08. The Kier molecular flexibility index (Phi) is 3.45. The van der Waals surface area contributed by atoms with E-state index in [9.17, 15) is 4.79 Å². The second-order valence-electron chi connectivity index (χ2n) is 2.46. The molecule has 0 aromatic heterocycles. The summed E-state index contributed by atoms with van der Waals surface area (Å²) in [5, 5.41) is 3.26. The summed E-state index contributed by atoms with van der Waals surface area (Å²) in [5.74, 6) is 0. The predicted molar refractivity (Wildman–Crippen MR) is 57.2 cm³/mol. The molecule has 0 fully saturated rings. The van der Waals surface area contributed by atoms with Gasteiger partial charge < -0.3 is 5.32 Å². The van der Waals surface area contributed by atoms with E-state index in [0.717, 1.165) is 4.31 Å².